The van der Waals surface area contributed by atoms with Gasteiger partial charge in [-0.2, -0.15) is 0 Å². The zero-order chi connectivity index (χ0) is 11.5. The third-order valence-corrected chi connectivity index (χ3v) is 4.20. The van der Waals surface area contributed by atoms with Crippen molar-refractivity contribution in [3.05, 3.63) is 49.5 Å². The normalized spacial score (nSPS) is 21.9. The molecule has 3 heteroatoms. The lowest BCUT2D eigenvalue weighted by molar-refractivity contribution is 0.369. The number of methoxy groups -OCH3 is 1. The van der Waals surface area contributed by atoms with Crippen molar-refractivity contribution in [2.75, 3.05) is 7.11 Å². The van der Waals surface area contributed by atoms with Crippen molar-refractivity contribution in [2.45, 2.75) is 12.8 Å². The second-order valence-electron chi connectivity index (χ2n) is 3.59. The molecule has 1 aliphatic carbocycles. The molecule has 0 heterocycles. The molecule has 1 aromatic carbocycles. The molecule has 0 N–H and O–H groups in total. The molecule has 0 unspecified atom stereocenters. The maximum Gasteiger partial charge on any atom is 0.139 e. The van der Waals surface area contributed by atoms with Gasteiger partial charge in [0.25, 0.3) is 0 Å². The first kappa shape index (κ1) is 12.2. The fourth-order valence-corrected chi connectivity index (χ4v) is 3.18. The molecule has 0 bridgehead atoms. The smallest absolute Gasteiger partial charge is 0.139 e. The summed E-state index contributed by atoms with van der Waals surface area (Å²) >= 11 is 5.94. The molecule has 2 rings (SSSR count). The number of ether oxygens (including phenoxy) is 1. The van der Waals surface area contributed by atoms with Gasteiger partial charge < -0.3 is 4.74 Å². The predicted octanol–water partition coefficient (Wildman–Crippen LogP) is 4.70. The summed E-state index contributed by atoms with van der Waals surface area (Å²) in [5.41, 5.74) is 2.53. The summed E-state index contributed by atoms with van der Waals surface area (Å²) in [7, 11) is 1.73. The topological polar surface area (TPSA) is 9.23 Å². The highest BCUT2D eigenvalue weighted by atomic mass is 127. The number of halogens is 2. The van der Waals surface area contributed by atoms with E-state index in [1.807, 2.05) is 0 Å². The SMILES string of the molecule is CO/C1=C(I)/C=C\CCc2c(Br)cccc21. The van der Waals surface area contributed by atoms with Crippen molar-refractivity contribution in [2.24, 2.45) is 0 Å². The standard InChI is InChI=1S/C13H12BrIO/c1-16-13-10-6-4-7-11(14)9(10)5-2-3-8-12(13)15/h3-4,6-8H,2,5H2,1H3/b8-3-,13-12-. The highest BCUT2D eigenvalue weighted by Crippen LogP contribution is 2.33. The monoisotopic (exact) mass is 390 g/mol. The van der Waals surface area contributed by atoms with Gasteiger partial charge >= 0.3 is 0 Å². The molecule has 1 aliphatic rings. The van der Waals surface area contributed by atoms with Crippen molar-refractivity contribution in [1.29, 1.82) is 0 Å². The molecule has 1 nitrogen and oxygen atoms in total. The Kier molecular flexibility index (Phi) is 4.08. The van der Waals surface area contributed by atoms with Crippen LogP contribution in [0.3, 0.4) is 0 Å². The third kappa shape index (κ3) is 2.35. The van der Waals surface area contributed by atoms with Gasteiger partial charge in [-0.1, -0.05) is 34.1 Å². The molecule has 0 aromatic heterocycles. The molecular formula is C13H12BrIO. The van der Waals surface area contributed by atoms with Gasteiger partial charge in [0, 0.05) is 10.0 Å². The Morgan fingerprint density at radius 1 is 1.38 bits per heavy atom. The van der Waals surface area contributed by atoms with Crippen molar-refractivity contribution < 1.29 is 4.74 Å². The number of hydrogen-bond acceptors (Lipinski definition) is 1. The van der Waals surface area contributed by atoms with Gasteiger partial charge in [-0.05, 0) is 53.1 Å². The molecular weight excluding hydrogens is 379 g/mol. The molecule has 16 heavy (non-hydrogen) atoms. The Labute approximate surface area is 118 Å². The Balaban J connectivity index is 2.65. The van der Waals surface area contributed by atoms with E-state index < -0.39 is 0 Å². The fourth-order valence-electron chi connectivity index (χ4n) is 1.85. The lowest BCUT2D eigenvalue weighted by atomic mass is 9.99. The van der Waals surface area contributed by atoms with Gasteiger partial charge in [0.2, 0.25) is 0 Å². The Morgan fingerprint density at radius 2 is 2.19 bits per heavy atom. The van der Waals surface area contributed by atoms with E-state index in [1.54, 1.807) is 7.11 Å². The zero-order valence-electron chi connectivity index (χ0n) is 8.97. The van der Waals surface area contributed by atoms with Crippen molar-refractivity contribution >= 4 is 44.3 Å². The Hall–Kier alpha value is -0.290. The van der Waals surface area contributed by atoms with Crippen molar-refractivity contribution in [1.82, 2.24) is 0 Å². The summed E-state index contributed by atoms with van der Waals surface area (Å²) in [5, 5.41) is 0. The quantitative estimate of drug-likeness (QED) is 0.631. The van der Waals surface area contributed by atoms with Crippen LogP contribution < -0.4 is 0 Å². The Morgan fingerprint density at radius 3 is 2.94 bits per heavy atom. The molecule has 0 saturated carbocycles. The van der Waals surface area contributed by atoms with E-state index in [4.69, 9.17) is 4.74 Å². The van der Waals surface area contributed by atoms with Crippen LogP contribution in [0.1, 0.15) is 17.5 Å². The summed E-state index contributed by atoms with van der Waals surface area (Å²) in [6.45, 7) is 0. The molecule has 0 saturated heterocycles. The van der Waals surface area contributed by atoms with Crippen molar-refractivity contribution in [3.63, 3.8) is 0 Å². The lowest BCUT2D eigenvalue weighted by Gasteiger charge is -2.16. The van der Waals surface area contributed by atoms with E-state index in [2.05, 4.69) is 68.9 Å². The first-order valence-electron chi connectivity index (χ1n) is 5.12. The van der Waals surface area contributed by atoms with E-state index >= 15 is 0 Å². The zero-order valence-corrected chi connectivity index (χ0v) is 12.7. The summed E-state index contributed by atoms with van der Waals surface area (Å²) in [6.07, 6.45) is 6.44. The average molecular weight is 391 g/mol. The highest BCUT2D eigenvalue weighted by molar-refractivity contribution is 14.1. The van der Waals surface area contributed by atoms with Crippen LogP contribution in [-0.4, -0.2) is 7.11 Å². The van der Waals surface area contributed by atoms with E-state index in [0.29, 0.717) is 0 Å². The maximum atomic E-state index is 5.52. The molecule has 0 radical (unpaired) electrons. The van der Waals surface area contributed by atoms with Crippen LogP contribution in [0.15, 0.2) is 38.4 Å². The minimum atomic E-state index is 0.966. The van der Waals surface area contributed by atoms with Crippen LogP contribution >= 0.6 is 38.5 Å². The molecule has 0 fully saturated rings. The van der Waals surface area contributed by atoms with Gasteiger partial charge in [-0.3, -0.25) is 0 Å². The second-order valence-corrected chi connectivity index (χ2v) is 5.60. The van der Waals surface area contributed by atoms with Crippen LogP contribution in [-0.2, 0) is 11.2 Å². The maximum absolute atomic E-state index is 5.52. The summed E-state index contributed by atoms with van der Waals surface area (Å²) in [6, 6.07) is 6.26. The number of fused-ring (bicyclic) bond motifs is 1. The summed E-state index contributed by atoms with van der Waals surface area (Å²) in [5.74, 6) is 0.966. The van der Waals surface area contributed by atoms with Crippen LogP contribution in [0.4, 0.5) is 0 Å². The van der Waals surface area contributed by atoms with Crippen LogP contribution in [0, 0.1) is 0 Å². The van der Waals surface area contributed by atoms with Crippen molar-refractivity contribution in [3.8, 4) is 0 Å². The molecule has 0 amide bonds. The molecule has 84 valence electrons. The van der Waals surface area contributed by atoms with Crippen LogP contribution in [0.5, 0.6) is 0 Å². The van der Waals surface area contributed by atoms with E-state index in [0.717, 1.165) is 22.2 Å². The lowest BCUT2D eigenvalue weighted by Crippen LogP contribution is -1.99. The highest BCUT2D eigenvalue weighted by Gasteiger charge is 2.14. The minimum absolute atomic E-state index is 0.966. The van der Waals surface area contributed by atoms with Gasteiger partial charge in [0.1, 0.15) is 5.76 Å². The summed E-state index contributed by atoms with van der Waals surface area (Å²) < 4.78 is 7.84. The van der Waals surface area contributed by atoms with E-state index in [-0.39, 0.29) is 0 Å². The average Bonchev–Trinajstić information content (AvgIpc) is 2.25. The number of allylic oxidation sites excluding steroid dienone is 3. The predicted molar refractivity (Wildman–Crippen MR) is 79.6 cm³/mol. The minimum Gasteiger partial charge on any atom is -0.495 e. The summed E-state index contributed by atoms with van der Waals surface area (Å²) in [4.78, 5) is 0. The van der Waals surface area contributed by atoms with Gasteiger partial charge in [0.05, 0.1) is 10.7 Å². The first-order valence-corrected chi connectivity index (χ1v) is 6.99. The molecule has 0 aliphatic heterocycles. The number of rotatable bonds is 1. The van der Waals surface area contributed by atoms with E-state index in [9.17, 15) is 0 Å². The van der Waals surface area contributed by atoms with Crippen LogP contribution in [0.2, 0.25) is 0 Å². The number of hydrogen-bond donors (Lipinski definition) is 0. The second kappa shape index (κ2) is 5.36. The van der Waals surface area contributed by atoms with Gasteiger partial charge in [-0.25, -0.2) is 0 Å². The first-order chi connectivity index (χ1) is 7.74. The fraction of sp³-hybridized carbons (Fsp3) is 0.231. The molecule has 0 spiro atoms. The third-order valence-electron chi connectivity index (χ3n) is 2.61. The van der Waals surface area contributed by atoms with Crippen LogP contribution in [0.25, 0.3) is 5.76 Å². The van der Waals surface area contributed by atoms with Gasteiger partial charge in [-0.15, -0.1) is 0 Å². The Bertz CT molecular complexity index is 463. The molecule has 1 aromatic rings. The van der Waals surface area contributed by atoms with Gasteiger partial charge in [0.15, 0.2) is 0 Å². The largest absolute Gasteiger partial charge is 0.495 e. The molecule has 0 atom stereocenters. The number of benzene rings is 1. The van der Waals surface area contributed by atoms with E-state index in [1.165, 1.54) is 15.6 Å².